The van der Waals surface area contributed by atoms with Crippen LogP contribution >= 0.6 is 0 Å². The van der Waals surface area contributed by atoms with Gasteiger partial charge in [-0.1, -0.05) is 19.1 Å². The summed E-state index contributed by atoms with van der Waals surface area (Å²) in [6.07, 6.45) is 1.14. The van der Waals surface area contributed by atoms with Crippen LogP contribution in [0.1, 0.15) is 38.3 Å². The predicted octanol–water partition coefficient (Wildman–Crippen LogP) is 2.75. The Bertz CT molecular complexity index is 529. The molecule has 0 heterocycles. The van der Waals surface area contributed by atoms with E-state index < -0.39 is 17.8 Å². The van der Waals surface area contributed by atoms with Crippen LogP contribution in [0.2, 0.25) is 0 Å². The molecule has 2 rings (SSSR count). The average molecular weight is 293 g/mol. The monoisotopic (exact) mass is 293 g/mol. The van der Waals surface area contributed by atoms with E-state index in [0.29, 0.717) is 12.8 Å². The molecule has 1 fully saturated rings. The van der Waals surface area contributed by atoms with Gasteiger partial charge >= 0.3 is 5.97 Å². The van der Waals surface area contributed by atoms with Crippen LogP contribution in [0, 0.1) is 23.6 Å². The van der Waals surface area contributed by atoms with E-state index >= 15 is 0 Å². The smallest absolute Gasteiger partial charge is 0.307 e. The molecule has 1 aromatic rings. The lowest BCUT2D eigenvalue weighted by Gasteiger charge is -2.20. The maximum absolute atomic E-state index is 12.9. The highest BCUT2D eigenvalue weighted by atomic mass is 19.1. The van der Waals surface area contributed by atoms with Gasteiger partial charge in [0.2, 0.25) is 5.91 Å². The largest absolute Gasteiger partial charge is 0.481 e. The van der Waals surface area contributed by atoms with E-state index in [1.165, 1.54) is 12.1 Å². The van der Waals surface area contributed by atoms with E-state index in [1.807, 2.05) is 6.92 Å². The van der Waals surface area contributed by atoms with Crippen LogP contribution in [0.5, 0.6) is 0 Å². The number of rotatable bonds is 4. The molecule has 0 bridgehead atoms. The summed E-state index contributed by atoms with van der Waals surface area (Å²) in [5.41, 5.74) is 0.794. The summed E-state index contributed by atoms with van der Waals surface area (Å²) >= 11 is 0. The van der Waals surface area contributed by atoms with E-state index in [-0.39, 0.29) is 23.7 Å². The molecule has 114 valence electrons. The van der Waals surface area contributed by atoms with Crippen molar-refractivity contribution in [1.82, 2.24) is 5.32 Å². The minimum atomic E-state index is -0.908. The topological polar surface area (TPSA) is 66.4 Å². The number of carboxylic acid groups (broad SMARTS) is 1. The first-order valence-electron chi connectivity index (χ1n) is 7.17. The lowest BCUT2D eigenvalue weighted by molar-refractivity contribution is -0.146. The molecule has 0 saturated heterocycles. The van der Waals surface area contributed by atoms with Crippen LogP contribution in [0.15, 0.2) is 24.3 Å². The number of halogens is 1. The predicted molar refractivity (Wildman–Crippen MR) is 76.0 cm³/mol. The van der Waals surface area contributed by atoms with Gasteiger partial charge in [-0.15, -0.1) is 0 Å². The van der Waals surface area contributed by atoms with Crippen LogP contribution in [-0.4, -0.2) is 17.0 Å². The summed E-state index contributed by atoms with van der Waals surface area (Å²) in [6, 6.07) is 5.65. The van der Waals surface area contributed by atoms with E-state index in [9.17, 15) is 19.1 Å². The molecule has 21 heavy (non-hydrogen) atoms. The fourth-order valence-corrected chi connectivity index (χ4v) is 3.01. The lowest BCUT2D eigenvalue weighted by Crippen LogP contribution is -2.36. The van der Waals surface area contributed by atoms with Crippen molar-refractivity contribution in [3.63, 3.8) is 0 Å². The first kappa shape index (κ1) is 15.5. The number of carboxylic acids is 1. The van der Waals surface area contributed by atoms with Gasteiger partial charge in [0.1, 0.15) is 5.82 Å². The number of amides is 1. The highest BCUT2D eigenvalue weighted by molar-refractivity contribution is 5.85. The molecule has 2 N–H and O–H groups in total. The number of aliphatic carboxylic acids is 1. The highest BCUT2D eigenvalue weighted by Crippen LogP contribution is 2.36. The molecule has 3 unspecified atom stereocenters. The first-order valence-corrected chi connectivity index (χ1v) is 7.17. The Morgan fingerprint density at radius 3 is 2.38 bits per heavy atom. The zero-order chi connectivity index (χ0) is 15.6. The second-order valence-electron chi connectivity index (χ2n) is 5.91. The number of benzene rings is 1. The molecule has 4 atom stereocenters. The van der Waals surface area contributed by atoms with Gasteiger partial charge in [-0.05, 0) is 43.4 Å². The second kappa shape index (κ2) is 6.24. The molecule has 1 amide bonds. The van der Waals surface area contributed by atoms with Gasteiger partial charge in [0, 0.05) is 0 Å². The zero-order valence-electron chi connectivity index (χ0n) is 12.2. The minimum Gasteiger partial charge on any atom is -0.481 e. The molecule has 0 aromatic heterocycles. The summed E-state index contributed by atoms with van der Waals surface area (Å²) in [4.78, 5) is 23.5. The Labute approximate surface area is 123 Å². The van der Waals surface area contributed by atoms with E-state index in [0.717, 1.165) is 5.56 Å². The fraction of sp³-hybridized carbons (Fsp3) is 0.500. The van der Waals surface area contributed by atoms with Crippen LogP contribution in [0.4, 0.5) is 4.39 Å². The molecule has 1 aliphatic rings. The van der Waals surface area contributed by atoms with Crippen molar-refractivity contribution in [3.8, 4) is 0 Å². The Morgan fingerprint density at radius 1 is 1.24 bits per heavy atom. The van der Waals surface area contributed by atoms with Crippen molar-refractivity contribution in [2.45, 2.75) is 32.7 Å². The van der Waals surface area contributed by atoms with E-state index in [1.54, 1.807) is 19.1 Å². The molecule has 0 aliphatic heterocycles. The van der Waals surface area contributed by atoms with Crippen LogP contribution in [0.25, 0.3) is 0 Å². The van der Waals surface area contributed by atoms with Gasteiger partial charge in [0.15, 0.2) is 0 Å². The van der Waals surface area contributed by atoms with E-state index in [4.69, 9.17) is 0 Å². The quantitative estimate of drug-likeness (QED) is 0.897. The summed E-state index contributed by atoms with van der Waals surface area (Å²) < 4.78 is 12.9. The normalized spacial score (nSPS) is 26.3. The van der Waals surface area contributed by atoms with Crippen molar-refractivity contribution in [3.05, 3.63) is 35.6 Å². The van der Waals surface area contributed by atoms with Crippen molar-refractivity contribution in [1.29, 1.82) is 0 Å². The van der Waals surface area contributed by atoms with Crippen molar-refractivity contribution < 1.29 is 19.1 Å². The second-order valence-corrected chi connectivity index (χ2v) is 5.91. The van der Waals surface area contributed by atoms with Crippen molar-refractivity contribution >= 4 is 11.9 Å². The number of hydrogen-bond donors (Lipinski definition) is 2. The minimum absolute atomic E-state index is 0.233. The summed E-state index contributed by atoms with van der Waals surface area (Å²) in [5, 5.41) is 12.0. The molecule has 0 radical (unpaired) electrons. The van der Waals surface area contributed by atoms with Crippen LogP contribution < -0.4 is 5.32 Å². The van der Waals surface area contributed by atoms with Gasteiger partial charge in [-0.25, -0.2) is 4.39 Å². The van der Waals surface area contributed by atoms with Gasteiger partial charge in [-0.2, -0.15) is 0 Å². The Morgan fingerprint density at radius 2 is 1.81 bits per heavy atom. The Hall–Kier alpha value is -1.91. The van der Waals surface area contributed by atoms with E-state index in [2.05, 4.69) is 5.32 Å². The first-order chi connectivity index (χ1) is 9.88. The summed E-state index contributed by atoms with van der Waals surface area (Å²) in [7, 11) is 0. The molecule has 1 aromatic carbocycles. The standard InChI is InChI=1S/C16H20FNO3/c1-9-7-13(14(8-9)16(20)21)15(19)18-10(2)11-3-5-12(17)6-4-11/h3-6,9-10,13-14H,7-8H2,1-2H3,(H,18,19)(H,20,21)/t9?,10-,13?,14?/m0/s1. The number of carbonyl (C=O) groups excluding carboxylic acids is 1. The van der Waals surface area contributed by atoms with Gasteiger partial charge in [-0.3, -0.25) is 9.59 Å². The lowest BCUT2D eigenvalue weighted by atomic mass is 9.94. The molecular formula is C16H20FNO3. The van der Waals surface area contributed by atoms with Crippen molar-refractivity contribution in [2.75, 3.05) is 0 Å². The van der Waals surface area contributed by atoms with Gasteiger partial charge in [0.25, 0.3) is 0 Å². The summed E-state index contributed by atoms with van der Waals surface area (Å²) in [5.74, 6) is -2.32. The third-order valence-corrected chi connectivity index (χ3v) is 4.18. The molecule has 4 nitrogen and oxygen atoms in total. The third kappa shape index (κ3) is 3.60. The highest BCUT2D eigenvalue weighted by Gasteiger charge is 2.41. The molecular weight excluding hydrogens is 273 g/mol. The van der Waals surface area contributed by atoms with Crippen LogP contribution in [0.3, 0.4) is 0 Å². The third-order valence-electron chi connectivity index (χ3n) is 4.18. The SMILES string of the molecule is CC1CC(C(=O)O)C(C(=O)N[C@@H](C)c2ccc(F)cc2)C1. The number of nitrogens with one attached hydrogen (secondary N) is 1. The zero-order valence-corrected chi connectivity index (χ0v) is 12.2. The molecule has 0 spiro atoms. The molecule has 5 heteroatoms. The number of carbonyl (C=O) groups is 2. The maximum atomic E-state index is 12.9. The van der Waals surface area contributed by atoms with Crippen molar-refractivity contribution in [2.24, 2.45) is 17.8 Å². The summed E-state index contributed by atoms with van der Waals surface area (Å²) in [6.45, 7) is 3.77. The van der Waals surface area contributed by atoms with Gasteiger partial charge in [0.05, 0.1) is 17.9 Å². The molecule has 1 saturated carbocycles. The molecule has 1 aliphatic carbocycles. The maximum Gasteiger partial charge on any atom is 0.307 e. The number of hydrogen-bond acceptors (Lipinski definition) is 2. The fourth-order valence-electron chi connectivity index (χ4n) is 3.01. The Balaban J connectivity index is 2.03. The van der Waals surface area contributed by atoms with Crippen LogP contribution in [-0.2, 0) is 9.59 Å². The average Bonchev–Trinajstić information content (AvgIpc) is 2.82. The Kier molecular flexibility index (Phi) is 4.60. The van der Waals surface area contributed by atoms with Gasteiger partial charge < -0.3 is 10.4 Å².